The highest BCUT2D eigenvalue weighted by Gasteiger charge is 2.21. The minimum atomic E-state index is -4.03. The molecule has 3 rings (SSSR count). The number of nitrogens with one attached hydrogen (secondary N) is 2. The van der Waals surface area contributed by atoms with Crippen molar-refractivity contribution >= 4 is 27.3 Å². The third-order valence-electron chi connectivity index (χ3n) is 4.18. The summed E-state index contributed by atoms with van der Waals surface area (Å²) < 4.78 is 39.7. The fraction of sp³-hybridized carbons (Fsp3) is 0.150. The Bertz CT molecular complexity index is 1240. The molecule has 0 saturated heterocycles. The van der Waals surface area contributed by atoms with Gasteiger partial charge in [0.15, 0.2) is 0 Å². The van der Waals surface area contributed by atoms with Gasteiger partial charge in [-0.15, -0.1) is 0 Å². The lowest BCUT2D eigenvalue weighted by Crippen LogP contribution is -2.28. The molecule has 1 heterocycles. The van der Waals surface area contributed by atoms with Crippen molar-refractivity contribution in [1.82, 2.24) is 9.55 Å². The quantitative estimate of drug-likeness (QED) is 0.541. The van der Waals surface area contributed by atoms with Crippen molar-refractivity contribution in [2.75, 3.05) is 24.3 Å². The van der Waals surface area contributed by atoms with Gasteiger partial charge in [-0.3, -0.25) is 14.1 Å². The molecule has 0 spiro atoms. The third-order valence-corrected chi connectivity index (χ3v) is 5.58. The molecule has 1 amide bonds. The Kier molecular flexibility index (Phi) is 6.55. The van der Waals surface area contributed by atoms with Crippen LogP contribution in [0.25, 0.3) is 0 Å². The molecular formula is C20H20N4O6S. The van der Waals surface area contributed by atoms with Gasteiger partial charge in [0.1, 0.15) is 22.9 Å². The van der Waals surface area contributed by atoms with E-state index in [0.717, 1.165) is 4.57 Å². The van der Waals surface area contributed by atoms with Crippen molar-refractivity contribution in [2.24, 2.45) is 0 Å². The van der Waals surface area contributed by atoms with Gasteiger partial charge in [0.2, 0.25) is 5.91 Å². The molecule has 3 aromatic rings. The topological polar surface area (TPSA) is 129 Å². The zero-order valence-electron chi connectivity index (χ0n) is 16.7. The van der Waals surface area contributed by atoms with Crippen LogP contribution in [0.1, 0.15) is 0 Å². The first-order valence-corrected chi connectivity index (χ1v) is 10.5. The summed E-state index contributed by atoms with van der Waals surface area (Å²) >= 11 is 0. The summed E-state index contributed by atoms with van der Waals surface area (Å²) in [5.74, 6) is 0.159. The molecule has 0 unspecified atom stereocenters. The normalized spacial score (nSPS) is 10.9. The lowest BCUT2D eigenvalue weighted by atomic mass is 10.3. The number of hydrogen-bond donors (Lipinski definition) is 2. The number of anilines is 2. The number of hydrogen-bond acceptors (Lipinski definition) is 7. The summed E-state index contributed by atoms with van der Waals surface area (Å²) in [5.41, 5.74) is -0.0228. The van der Waals surface area contributed by atoms with Crippen molar-refractivity contribution in [3.63, 3.8) is 0 Å². The van der Waals surface area contributed by atoms with E-state index in [1.54, 1.807) is 24.3 Å². The minimum absolute atomic E-state index is 0.0995. The second-order valence-corrected chi connectivity index (χ2v) is 7.93. The van der Waals surface area contributed by atoms with E-state index < -0.39 is 21.6 Å². The van der Waals surface area contributed by atoms with Crippen LogP contribution in [-0.2, 0) is 21.4 Å². The molecule has 0 bridgehead atoms. The van der Waals surface area contributed by atoms with E-state index in [-0.39, 0.29) is 22.9 Å². The van der Waals surface area contributed by atoms with Gasteiger partial charge in [0.25, 0.3) is 10.0 Å². The highest BCUT2D eigenvalue weighted by molar-refractivity contribution is 7.92. The maximum atomic E-state index is 12.9. The molecule has 0 aliphatic carbocycles. The molecule has 1 aromatic heterocycles. The van der Waals surface area contributed by atoms with Crippen molar-refractivity contribution in [3.05, 3.63) is 71.4 Å². The van der Waals surface area contributed by atoms with Crippen LogP contribution in [0.15, 0.2) is 70.6 Å². The summed E-state index contributed by atoms with van der Waals surface area (Å²) in [6.07, 6.45) is 2.75. The first-order chi connectivity index (χ1) is 14.8. The van der Waals surface area contributed by atoms with E-state index >= 15 is 0 Å². The van der Waals surface area contributed by atoms with Gasteiger partial charge in [-0.1, -0.05) is 0 Å². The largest absolute Gasteiger partial charge is 0.497 e. The Hall–Kier alpha value is -3.86. The van der Waals surface area contributed by atoms with E-state index in [9.17, 15) is 18.0 Å². The average molecular weight is 444 g/mol. The average Bonchev–Trinajstić information content (AvgIpc) is 2.75. The molecule has 11 heteroatoms. The molecule has 0 atom stereocenters. The molecule has 10 nitrogen and oxygen atoms in total. The summed E-state index contributed by atoms with van der Waals surface area (Å²) in [5, 5.41) is 2.57. The molecule has 0 aliphatic rings. The van der Waals surface area contributed by atoms with Crippen LogP contribution in [0.3, 0.4) is 0 Å². The summed E-state index contributed by atoms with van der Waals surface area (Å²) in [6.45, 7) is -0.273. The highest BCUT2D eigenvalue weighted by atomic mass is 32.2. The molecule has 0 fully saturated rings. The van der Waals surface area contributed by atoms with Gasteiger partial charge in [-0.25, -0.2) is 18.2 Å². The van der Waals surface area contributed by atoms with E-state index in [4.69, 9.17) is 9.47 Å². The molecule has 0 radical (unpaired) electrons. The first kappa shape index (κ1) is 21.8. The van der Waals surface area contributed by atoms with Crippen LogP contribution in [0.2, 0.25) is 0 Å². The monoisotopic (exact) mass is 444 g/mol. The second-order valence-electron chi connectivity index (χ2n) is 6.28. The molecule has 162 valence electrons. The minimum Gasteiger partial charge on any atom is -0.497 e. The van der Waals surface area contributed by atoms with Crippen molar-refractivity contribution in [1.29, 1.82) is 0 Å². The molecule has 2 aromatic carbocycles. The first-order valence-electron chi connectivity index (χ1n) is 8.98. The van der Waals surface area contributed by atoms with Gasteiger partial charge in [-0.05, 0) is 48.5 Å². The van der Waals surface area contributed by atoms with Gasteiger partial charge >= 0.3 is 5.69 Å². The molecule has 31 heavy (non-hydrogen) atoms. The fourth-order valence-electron chi connectivity index (χ4n) is 2.70. The van der Waals surface area contributed by atoms with Crippen molar-refractivity contribution in [2.45, 2.75) is 11.4 Å². The maximum absolute atomic E-state index is 12.9. The van der Waals surface area contributed by atoms with Crippen LogP contribution in [0, 0.1) is 0 Å². The van der Waals surface area contributed by atoms with Gasteiger partial charge < -0.3 is 14.8 Å². The number of aromatic nitrogens is 2. The predicted molar refractivity (Wildman–Crippen MR) is 114 cm³/mol. The molecular weight excluding hydrogens is 424 g/mol. The third kappa shape index (κ3) is 5.39. The van der Waals surface area contributed by atoms with Crippen LogP contribution in [-0.4, -0.2) is 38.1 Å². The molecule has 2 N–H and O–H groups in total. The van der Waals surface area contributed by atoms with E-state index in [2.05, 4.69) is 15.0 Å². The Balaban J connectivity index is 1.82. The van der Waals surface area contributed by atoms with Crippen LogP contribution in [0.5, 0.6) is 11.5 Å². The second kappa shape index (κ2) is 9.30. The lowest BCUT2D eigenvalue weighted by Gasteiger charge is -2.14. The van der Waals surface area contributed by atoms with Crippen LogP contribution in [0.4, 0.5) is 11.4 Å². The number of methoxy groups -OCH3 is 2. The van der Waals surface area contributed by atoms with Crippen molar-refractivity contribution < 1.29 is 22.7 Å². The maximum Gasteiger partial charge on any atom is 0.347 e. The summed E-state index contributed by atoms with van der Waals surface area (Å²) in [7, 11) is -1.18. The van der Waals surface area contributed by atoms with E-state index in [1.165, 1.54) is 50.9 Å². The number of benzene rings is 2. The number of amides is 1. The van der Waals surface area contributed by atoms with Crippen LogP contribution < -0.4 is 25.2 Å². The highest BCUT2D eigenvalue weighted by Crippen LogP contribution is 2.29. The Morgan fingerprint density at radius 3 is 2.42 bits per heavy atom. The Morgan fingerprint density at radius 1 is 1.06 bits per heavy atom. The number of nitrogens with zero attached hydrogens (tertiary/aromatic N) is 2. The molecule has 0 saturated carbocycles. The van der Waals surface area contributed by atoms with E-state index in [1.807, 2.05) is 0 Å². The smallest absolute Gasteiger partial charge is 0.347 e. The summed E-state index contributed by atoms with van der Waals surface area (Å²) in [4.78, 5) is 27.4. The number of carbonyl (C=O) groups excluding carboxylic acids is 1. The van der Waals surface area contributed by atoms with Crippen LogP contribution >= 0.6 is 0 Å². The van der Waals surface area contributed by atoms with Gasteiger partial charge in [0, 0.05) is 23.8 Å². The lowest BCUT2D eigenvalue weighted by molar-refractivity contribution is -0.116. The SMILES string of the molecule is COc1ccc(NS(=O)(=O)c2cc(NC(=O)Cn3cccnc3=O)ccc2OC)cc1. The Labute approximate surface area is 178 Å². The van der Waals surface area contributed by atoms with Gasteiger partial charge in [0.05, 0.1) is 14.2 Å². The molecule has 0 aliphatic heterocycles. The standard InChI is InChI=1S/C20H20N4O6S/c1-29-16-7-4-14(5-8-16)23-31(27,28)18-12-15(6-9-17(18)30-2)22-19(25)13-24-11-3-10-21-20(24)26/h3-12,23H,13H2,1-2H3,(H,22,25). The van der Waals surface area contributed by atoms with Gasteiger partial charge in [-0.2, -0.15) is 0 Å². The van der Waals surface area contributed by atoms with E-state index in [0.29, 0.717) is 11.4 Å². The summed E-state index contributed by atoms with van der Waals surface area (Å²) in [6, 6.07) is 12.1. The number of carbonyl (C=O) groups is 1. The zero-order valence-corrected chi connectivity index (χ0v) is 17.5. The van der Waals surface area contributed by atoms with Crippen molar-refractivity contribution in [3.8, 4) is 11.5 Å². The number of rotatable bonds is 8. The fourth-order valence-corrected chi connectivity index (χ4v) is 3.95. The number of sulfonamides is 1. The predicted octanol–water partition coefficient (Wildman–Crippen LogP) is 1.70. The zero-order chi connectivity index (χ0) is 22.4. The number of ether oxygens (including phenoxy) is 2. The Morgan fingerprint density at radius 2 is 1.77 bits per heavy atom.